The smallest absolute Gasteiger partial charge is 0.188 e. The monoisotopic (exact) mass is 290 g/mol. The molecule has 0 fully saturated rings. The molecule has 1 heterocycles. The van der Waals surface area contributed by atoms with Gasteiger partial charge in [-0.15, -0.1) is 0 Å². The molecular weight excluding hydrogens is 276 g/mol. The highest BCUT2D eigenvalue weighted by atomic mass is 35.5. The number of oxime groups is 1. The quantitative estimate of drug-likeness (QED) is 0.341. The zero-order chi connectivity index (χ0) is 14.4. The van der Waals surface area contributed by atoms with E-state index in [0.29, 0.717) is 18.8 Å². The van der Waals surface area contributed by atoms with Crippen molar-refractivity contribution < 1.29 is 5.21 Å². The number of nitrogens with one attached hydrogen (secondary N) is 1. The van der Waals surface area contributed by atoms with Gasteiger partial charge in [0.15, 0.2) is 5.84 Å². The van der Waals surface area contributed by atoms with Crippen LogP contribution in [0.3, 0.4) is 0 Å². The topological polar surface area (TPSA) is 83.5 Å². The van der Waals surface area contributed by atoms with E-state index >= 15 is 0 Å². The molecule has 0 bridgehead atoms. The molecule has 1 aromatic heterocycles. The molecule has 0 aliphatic carbocycles. The van der Waals surface area contributed by atoms with Gasteiger partial charge in [0, 0.05) is 24.3 Å². The lowest BCUT2D eigenvalue weighted by molar-refractivity contribution is 0.318. The molecule has 0 atom stereocenters. The van der Waals surface area contributed by atoms with Crippen molar-refractivity contribution in [3.63, 3.8) is 0 Å². The van der Waals surface area contributed by atoms with E-state index in [1.807, 2.05) is 30.3 Å². The number of amidine groups is 1. The summed E-state index contributed by atoms with van der Waals surface area (Å²) in [7, 11) is 0. The molecule has 1 aromatic carbocycles. The highest BCUT2D eigenvalue weighted by Gasteiger charge is 2.03. The lowest BCUT2D eigenvalue weighted by Crippen LogP contribution is -2.17. The van der Waals surface area contributed by atoms with E-state index in [2.05, 4.69) is 15.5 Å². The van der Waals surface area contributed by atoms with Crippen molar-refractivity contribution in [1.29, 1.82) is 0 Å². The van der Waals surface area contributed by atoms with Gasteiger partial charge in [0.2, 0.25) is 0 Å². The fourth-order valence-corrected chi connectivity index (χ4v) is 1.96. The van der Waals surface area contributed by atoms with Gasteiger partial charge in [0.25, 0.3) is 0 Å². The molecule has 0 amide bonds. The van der Waals surface area contributed by atoms with Gasteiger partial charge in [-0.1, -0.05) is 35.0 Å². The third-order valence-electron chi connectivity index (χ3n) is 2.80. The molecule has 0 saturated carbocycles. The summed E-state index contributed by atoms with van der Waals surface area (Å²) in [4.78, 5) is 4.03. The fraction of sp³-hybridized carbons (Fsp3) is 0.143. The molecular formula is C14H15ClN4O. The Hall–Kier alpha value is -2.11. The van der Waals surface area contributed by atoms with Crippen molar-refractivity contribution >= 4 is 17.4 Å². The van der Waals surface area contributed by atoms with Crippen molar-refractivity contribution in [2.45, 2.75) is 13.1 Å². The van der Waals surface area contributed by atoms with Crippen LogP contribution >= 0.6 is 11.6 Å². The minimum atomic E-state index is -0.00189. The van der Waals surface area contributed by atoms with E-state index in [4.69, 9.17) is 22.5 Å². The maximum atomic E-state index is 8.63. The number of nitrogens with zero attached hydrogens (tertiary/aromatic N) is 2. The number of hydrogen-bond donors (Lipinski definition) is 3. The Morgan fingerprint density at radius 1 is 1.30 bits per heavy atom. The Labute approximate surface area is 122 Å². The van der Waals surface area contributed by atoms with Crippen LogP contribution in [0.15, 0.2) is 47.8 Å². The second kappa shape index (κ2) is 6.88. The number of nitrogens with two attached hydrogens (primary N) is 1. The second-order valence-electron chi connectivity index (χ2n) is 4.23. The van der Waals surface area contributed by atoms with Crippen molar-refractivity contribution in [3.8, 4) is 0 Å². The van der Waals surface area contributed by atoms with E-state index in [1.54, 1.807) is 12.3 Å². The zero-order valence-corrected chi connectivity index (χ0v) is 11.5. The molecule has 0 radical (unpaired) electrons. The Morgan fingerprint density at radius 2 is 2.10 bits per heavy atom. The number of aromatic nitrogens is 1. The molecule has 104 valence electrons. The minimum absolute atomic E-state index is 0.00189. The predicted octanol–water partition coefficient (Wildman–Crippen LogP) is 2.12. The molecule has 0 saturated heterocycles. The second-order valence-corrected chi connectivity index (χ2v) is 4.64. The molecule has 5 nitrogen and oxygen atoms in total. The van der Waals surface area contributed by atoms with Crippen LogP contribution in [0.1, 0.15) is 16.8 Å². The van der Waals surface area contributed by atoms with Gasteiger partial charge in [-0.3, -0.25) is 4.98 Å². The van der Waals surface area contributed by atoms with Gasteiger partial charge in [0.1, 0.15) is 5.69 Å². The van der Waals surface area contributed by atoms with Crippen LogP contribution in [0.5, 0.6) is 0 Å². The standard InChI is InChI=1S/C14H15ClN4O/c15-12-4-2-1-3-11(12)9-17-8-10-5-6-18-13(7-10)14(16)19-20/h1-7,17,20H,8-9H2,(H2,16,19). The van der Waals surface area contributed by atoms with Crippen LogP contribution in [0.4, 0.5) is 0 Å². The van der Waals surface area contributed by atoms with E-state index < -0.39 is 0 Å². The summed E-state index contributed by atoms with van der Waals surface area (Å²) >= 11 is 6.08. The minimum Gasteiger partial charge on any atom is -0.409 e. The Bertz CT molecular complexity index is 616. The number of halogens is 1. The summed E-state index contributed by atoms with van der Waals surface area (Å²) in [6.45, 7) is 1.31. The molecule has 0 spiro atoms. The summed E-state index contributed by atoms with van der Waals surface area (Å²) in [6.07, 6.45) is 1.62. The summed E-state index contributed by atoms with van der Waals surface area (Å²) in [5.74, 6) is -0.00189. The number of pyridine rings is 1. The normalized spacial score (nSPS) is 11.6. The molecule has 2 rings (SSSR count). The molecule has 2 aromatic rings. The van der Waals surface area contributed by atoms with Crippen LogP contribution in [-0.2, 0) is 13.1 Å². The van der Waals surface area contributed by atoms with Gasteiger partial charge in [0.05, 0.1) is 0 Å². The summed E-state index contributed by atoms with van der Waals surface area (Å²) < 4.78 is 0. The first-order chi connectivity index (χ1) is 9.70. The lowest BCUT2D eigenvalue weighted by atomic mass is 10.2. The Morgan fingerprint density at radius 3 is 2.85 bits per heavy atom. The zero-order valence-electron chi connectivity index (χ0n) is 10.8. The van der Waals surface area contributed by atoms with Crippen molar-refractivity contribution in [2.24, 2.45) is 10.9 Å². The van der Waals surface area contributed by atoms with Crippen LogP contribution in [-0.4, -0.2) is 16.0 Å². The SMILES string of the molecule is NC(=NO)c1cc(CNCc2ccccc2Cl)ccn1. The van der Waals surface area contributed by atoms with Crippen LogP contribution < -0.4 is 11.1 Å². The molecule has 6 heteroatoms. The van der Waals surface area contributed by atoms with Crippen LogP contribution in [0.2, 0.25) is 5.02 Å². The molecule has 4 N–H and O–H groups in total. The number of hydrogen-bond acceptors (Lipinski definition) is 4. The number of rotatable bonds is 5. The largest absolute Gasteiger partial charge is 0.409 e. The molecule has 0 unspecified atom stereocenters. The van der Waals surface area contributed by atoms with E-state index in [-0.39, 0.29) is 5.84 Å². The Kier molecular flexibility index (Phi) is 4.92. The fourth-order valence-electron chi connectivity index (χ4n) is 1.76. The van der Waals surface area contributed by atoms with Gasteiger partial charge < -0.3 is 16.3 Å². The summed E-state index contributed by atoms with van der Waals surface area (Å²) in [6, 6.07) is 11.3. The van der Waals surface area contributed by atoms with Crippen molar-refractivity contribution in [3.05, 3.63) is 64.4 Å². The average Bonchev–Trinajstić information content (AvgIpc) is 2.49. The molecule has 0 aliphatic rings. The molecule has 0 aliphatic heterocycles. The van der Waals surface area contributed by atoms with E-state index in [0.717, 1.165) is 16.1 Å². The first kappa shape index (κ1) is 14.3. The lowest BCUT2D eigenvalue weighted by Gasteiger charge is -2.07. The third-order valence-corrected chi connectivity index (χ3v) is 3.17. The average molecular weight is 291 g/mol. The van der Waals surface area contributed by atoms with Crippen LogP contribution in [0, 0.1) is 0 Å². The highest BCUT2D eigenvalue weighted by molar-refractivity contribution is 6.31. The van der Waals surface area contributed by atoms with E-state index in [1.165, 1.54) is 0 Å². The van der Waals surface area contributed by atoms with Gasteiger partial charge in [-0.05, 0) is 29.3 Å². The highest BCUT2D eigenvalue weighted by Crippen LogP contribution is 2.14. The number of benzene rings is 1. The molecule has 20 heavy (non-hydrogen) atoms. The van der Waals surface area contributed by atoms with Gasteiger partial charge in [-0.2, -0.15) is 0 Å². The van der Waals surface area contributed by atoms with Crippen molar-refractivity contribution in [1.82, 2.24) is 10.3 Å². The maximum absolute atomic E-state index is 8.63. The first-order valence-corrected chi connectivity index (χ1v) is 6.45. The predicted molar refractivity (Wildman–Crippen MR) is 78.7 cm³/mol. The van der Waals surface area contributed by atoms with Gasteiger partial charge in [-0.25, -0.2) is 0 Å². The van der Waals surface area contributed by atoms with E-state index in [9.17, 15) is 0 Å². The third kappa shape index (κ3) is 3.69. The Balaban J connectivity index is 1.96. The van der Waals surface area contributed by atoms with Gasteiger partial charge >= 0.3 is 0 Å². The summed E-state index contributed by atoms with van der Waals surface area (Å²) in [5, 5.41) is 15.6. The van der Waals surface area contributed by atoms with Crippen LogP contribution in [0.25, 0.3) is 0 Å². The first-order valence-electron chi connectivity index (χ1n) is 6.07. The maximum Gasteiger partial charge on any atom is 0.188 e. The summed E-state index contributed by atoms with van der Waals surface area (Å²) in [5.41, 5.74) is 7.99. The van der Waals surface area contributed by atoms with Crippen molar-refractivity contribution in [2.75, 3.05) is 0 Å².